The molecule has 0 aliphatic carbocycles. The van der Waals surface area contributed by atoms with Crippen LogP contribution in [0, 0.1) is 6.92 Å². The van der Waals surface area contributed by atoms with Crippen LogP contribution in [0.2, 0.25) is 5.02 Å². The van der Waals surface area contributed by atoms with Gasteiger partial charge in [-0.15, -0.1) is 0 Å². The van der Waals surface area contributed by atoms with E-state index in [2.05, 4.69) is 37.3 Å². The third-order valence-electron chi connectivity index (χ3n) is 2.47. The highest BCUT2D eigenvalue weighted by atomic mass is 35.5. The van der Waals surface area contributed by atoms with E-state index in [0.29, 0.717) is 0 Å². The molecule has 0 aromatic heterocycles. The van der Waals surface area contributed by atoms with Crippen LogP contribution in [0.5, 0.6) is 0 Å². The second-order valence-electron chi connectivity index (χ2n) is 3.75. The van der Waals surface area contributed by atoms with Crippen LogP contribution >= 0.6 is 11.6 Å². The number of aryl methyl sites for hydroxylation is 1. The van der Waals surface area contributed by atoms with Crippen LogP contribution in [0.4, 0.5) is 0 Å². The molecule has 0 aliphatic heterocycles. The fraction of sp³-hybridized carbons (Fsp3) is 0.143. The Morgan fingerprint density at radius 3 is 2.27 bits per heavy atom. The molecule has 0 atom stereocenters. The Morgan fingerprint density at radius 1 is 0.933 bits per heavy atom. The molecule has 15 heavy (non-hydrogen) atoms. The molecule has 0 unspecified atom stereocenters. The summed E-state index contributed by atoms with van der Waals surface area (Å²) in [5.74, 6) is 0. The molecule has 0 saturated heterocycles. The molecule has 0 amide bonds. The Balaban J connectivity index is 2.22. The van der Waals surface area contributed by atoms with Crippen LogP contribution < -0.4 is 0 Å². The van der Waals surface area contributed by atoms with Crippen molar-refractivity contribution in [1.29, 1.82) is 0 Å². The third kappa shape index (κ3) is 2.60. The highest BCUT2D eigenvalue weighted by molar-refractivity contribution is 6.31. The van der Waals surface area contributed by atoms with Crippen molar-refractivity contribution in [3.63, 3.8) is 0 Å². The SMILES string of the molecule is Cc1ccc(Cc2ccccc2Cl)cc1. The average molecular weight is 217 g/mol. The van der Waals surface area contributed by atoms with Gasteiger partial charge in [0.15, 0.2) is 0 Å². The van der Waals surface area contributed by atoms with Gasteiger partial charge in [-0.25, -0.2) is 0 Å². The summed E-state index contributed by atoms with van der Waals surface area (Å²) in [5.41, 5.74) is 3.77. The first kappa shape index (κ1) is 10.3. The standard InChI is InChI=1S/C14H13Cl/c1-11-6-8-12(9-7-11)10-13-4-2-3-5-14(13)15/h2-9H,10H2,1H3. The van der Waals surface area contributed by atoms with Crippen molar-refractivity contribution in [3.8, 4) is 0 Å². The summed E-state index contributed by atoms with van der Waals surface area (Å²) in [6, 6.07) is 16.6. The minimum absolute atomic E-state index is 0.845. The number of rotatable bonds is 2. The molecule has 0 aliphatic rings. The van der Waals surface area contributed by atoms with Gasteiger partial charge < -0.3 is 0 Å². The smallest absolute Gasteiger partial charge is 0.0441 e. The highest BCUT2D eigenvalue weighted by Crippen LogP contribution is 2.18. The lowest BCUT2D eigenvalue weighted by atomic mass is 10.0. The lowest BCUT2D eigenvalue weighted by molar-refractivity contribution is 1.19. The molecule has 0 N–H and O–H groups in total. The predicted octanol–water partition coefficient (Wildman–Crippen LogP) is 4.24. The fourth-order valence-electron chi connectivity index (χ4n) is 1.57. The Bertz CT molecular complexity index is 443. The number of hydrogen-bond donors (Lipinski definition) is 0. The summed E-state index contributed by atoms with van der Waals surface area (Å²) in [6.07, 6.45) is 0.903. The first-order chi connectivity index (χ1) is 7.25. The zero-order valence-electron chi connectivity index (χ0n) is 8.70. The molecular formula is C14H13Cl. The first-order valence-electron chi connectivity index (χ1n) is 5.04. The van der Waals surface area contributed by atoms with E-state index in [1.54, 1.807) is 0 Å². The molecule has 0 radical (unpaired) electrons. The minimum atomic E-state index is 0.845. The average Bonchev–Trinajstić information content (AvgIpc) is 2.25. The Kier molecular flexibility index (Phi) is 3.08. The molecule has 0 heterocycles. The maximum absolute atomic E-state index is 6.11. The largest absolute Gasteiger partial charge is 0.0840 e. The van der Waals surface area contributed by atoms with Gasteiger partial charge in [-0.1, -0.05) is 59.6 Å². The molecule has 76 valence electrons. The van der Waals surface area contributed by atoms with Crippen LogP contribution in [0.3, 0.4) is 0 Å². The molecule has 1 heteroatoms. The Hall–Kier alpha value is -1.27. The van der Waals surface area contributed by atoms with Gasteiger partial charge in [0, 0.05) is 5.02 Å². The van der Waals surface area contributed by atoms with Gasteiger partial charge in [0.2, 0.25) is 0 Å². The quantitative estimate of drug-likeness (QED) is 0.705. The number of benzene rings is 2. The molecule has 0 nitrogen and oxygen atoms in total. The second-order valence-corrected chi connectivity index (χ2v) is 4.16. The van der Waals surface area contributed by atoms with E-state index in [-0.39, 0.29) is 0 Å². The van der Waals surface area contributed by atoms with Crippen LogP contribution in [-0.4, -0.2) is 0 Å². The van der Waals surface area contributed by atoms with Crippen molar-refractivity contribution in [3.05, 3.63) is 70.2 Å². The molecule has 0 saturated carbocycles. The van der Waals surface area contributed by atoms with Crippen molar-refractivity contribution in [2.75, 3.05) is 0 Å². The zero-order chi connectivity index (χ0) is 10.7. The zero-order valence-corrected chi connectivity index (χ0v) is 9.46. The summed E-state index contributed by atoms with van der Waals surface area (Å²) in [4.78, 5) is 0. The van der Waals surface area contributed by atoms with Crippen LogP contribution in [0.15, 0.2) is 48.5 Å². The topological polar surface area (TPSA) is 0 Å². The van der Waals surface area contributed by atoms with Gasteiger partial charge in [0.05, 0.1) is 0 Å². The molecule has 0 spiro atoms. The van der Waals surface area contributed by atoms with Crippen molar-refractivity contribution in [2.45, 2.75) is 13.3 Å². The molecular weight excluding hydrogens is 204 g/mol. The van der Waals surface area contributed by atoms with E-state index in [0.717, 1.165) is 11.4 Å². The number of halogens is 1. The van der Waals surface area contributed by atoms with Gasteiger partial charge in [0.25, 0.3) is 0 Å². The van der Waals surface area contributed by atoms with Gasteiger partial charge >= 0.3 is 0 Å². The summed E-state index contributed by atoms with van der Waals surface area (Å²) >= 11 is 6.11. The Labute approximate surface area is 95.5 Å². The monoisotopic (exact) mass is 216 g/mol. The van der Waals surface area contributed by atoms with E-state index < -0.39 is 0 Å². The predicted molar refractivity (Wildman–Crippen MR) is 65.4 cm³/mol. The van der Waals surface area contributed by atoms with Crippen molar-refractivity contribution in [2.24, 2.45) is 0 Å². The second kappa shape index (κ2) is 4.50. The molecule has 2 aromatic rings. The Morgan fingerprint density at radius 2 is 1.60 bits per heavy atom. The van der Waals surface area contributed by atoms with E-state index in [1.807, 2.05) is 18.2 Å². The number of hydrogen-bond acceptors (Lipinski definition) is 0. The summed E-state index contributed by atoms with van der Waals surface area (Å²) in [5, 5.41) is 0.845. The molecule has 0 fully saturated rings. The van der Waals surface area contributed by atoms with Crippen molar-refractivity contribution in [1.82, 2.24) is 0 Å². The van der Waals surface area contributed by atoms with Gasteiger partial charge in [-0.2, -0.15) is 0 Å². The maximum atomic E-state index is 6.11. The van der Waals surface area contributed by atoms with Gasteiger partial charge in [-0.3, -0.25) is 0 Å². The highest BCUT2D eigenvalue weighted by Gasteiger charge is 1.99. The summed E-state index contributed by atoms with van der Waals surface area (Å²) in [7, 11) is 0. The van der Waals surface area contributed by atoms with E-state index in [9.17, 15) is 0 Å². The van der Waals surface area contributed by atoms with Crippen LogP contribution in [0.25, 0.3) is 0 Å². The molecule has 2 rings (SSSR count). The maximum Gasteiger partial charge on any atom is 0.0441 e. The fourth-order valence-corrected chi connectivity index (χ4v) is 1.77. The summed E-state index contributed by atoms with van der Waals surface area (Å²) < 4.78 is 0. The van der Waals surface area contributed by atoms with E-state index >= 15 is 0 Å². The minimum Gasteiger partial charge on any atom is -0.0840 e. The third-order valence-corrected chi connectivity index (χ3v) is 2.84. The summed E-state index contributed by atoms with van der Waals surface area (Å²) in [6.45, 7) is 2.10. The normalized spacial score (nSPS) is 10.3. The van der Waals surface area contributed by atoms with Crippen LogP contribution in [0.1, 0.15) is 16.7 Å². The van der Waals surface area contributed by atoms with E-state index in [1.165, 1.54) is 16.7 Å². The molecule has 0 bridgehead atoms. The molecule has 2 aromatic carbocycles. The van der Waals surface area contributed by atoms with Crippen LogP contribution in [-0.2, 0) is 6.42 Å². The van der Waals surface area contributed by atoms with Gasteiger partial charge in [-0.05, 0) is 30.5 Å². The first-order valence-corrected chi connectivity index (χ1v) is 5.42. The lowest BCUT2D eigenvalue weighted by Crippen LogP contribution is -1.88. The van der Waals surface area contributed by atoms with Crippen molar-refractivity contribution < 1.29 is 0 Å². The lowest BCUT2D eigenvalue weighted by Gasteiger charge is -2.04. The van der Waals surface area contributed by atoms with Crippen molar-refractivity contribution >= 4 is 11.6 Å². The van der Waals surface area contributed by atoms with E-state index in [4.69, 9.17) is 11.6 Å². The van der Waals surface area contributed by atoms with Gasteiger partial charge in [0.1, 0.15) is 0 Å².